The number of amides is 1. The van der Waals surface area contributed by atoms with Gasteiger partial charge >= 0.3 is 0 Å². The number of hydrogen-bond acceptors (Lipinski definition) is 3. The Morgan fingerprint density at radius 1 is 1.60 bits per heavy atom. The number of carbonyl (C=O) groups excluding carboxylic acids is 1. The Morgan fingerprint density at radius 2 is 2.40 bits per heavy atom. The maximum absolute atomic E-state index is 11.2. The molecule has 1 heterocycles. The molecule has 15 heavy (non-hydrogen) atoms. The van der Waals surface area contributed by atoms with Crippen molar-refractivity contribution in [2.45, 2.75) is 6.92 Å². The molecule has 0 aliphatic carbocycles. The Bertz CT molecular complexity index is 341. The van der Waals surface area contributed by atoms with Gasteiger partial charge in [-0.3, -0.25) is 4.79 Å². The molecule has 0 aliphatic heterocycles. The average molecular weight is 209 g/mol. The number of hydrogen-bond donors (Lipinski definition) is 1. The molecule has 4 heteroatoms. The summed E-state index contributed by atoms with van der Waals surface area (Å²) in [7, 11) is 1.59. The van der Waals surface area contributed by atoms with Crippen LogP contribution in [0.3, 0.4) is 0 Å². The SMILES string of the molecule is COCCNC(=O)C=Cc1ccc(C)o1. The van der Waals surface area contributed by atoms with E-state index in [0.29, 0.717) is 18.9 Å². The third kappa shape index (κ3) is 4.46. The lowest BCUT2D eigenvalue weighted by Crippen LogP contribution is -2.24. The van der Waals surface area contributed by atoms with Crippen molar-refractivity contribution in [2.24, 2.45) is 0 Å². The number of carbonyl (C=O) groups is 1. The van der Waals surface area contributed by atoms with Crippen LogP contribution in [-0.2, 0) is 9.53 Å². The van der Waals surface area contributed by atoms with Crippen LogP contribution >= 0.6 is 0 Å². The van der Waals surface area contributed by atoms with Crippen LogP contribution in [-0.4, -0.2) is 26.2 Å². The monoisotopic (exact) mass is 209 g/mol. The van der Waals surface area contributed by atoms with Crippen molar-refractivity contribution in [2.75, 3.05) is 20.3 Å². The Hall–Kier alpha value is -1.55. The van der Waals surface area contributed by atoms with Gasteiger partial charge in [0.25, 0.3) is 0 Å². The minimum atomic E-state index is -0.152. The zero-order chi connectivity index (χ0) is 11.1. The Balaban J connectivity index is 2.34. The van der Waals surface area contributed by atoms with E-state index in [0.717, 1.165) is 5.76 Å². The van der Waals surface area contributed by atoms with E-state index in [1.807, 2.05) is 19.1 Å². The summed E-state index contributed by atoms with van der Waals surface area (Å²) in [5.74, 6) is 1.35. The summed E-state index contributed by atoms with van der Waals surface area (Å²) in [6.45, 7) is 2.88. The fourth-order valence-corrected chi connectivity index (χ4v) is 1.04. The maximum atomic E-state index is 11.2. The summed E-state index contributed by atoms with van der Waals surface area (Å²) in [5, 5.41) is 2.67. The van der Waals surface area contributed by atoms with Crippen LogP contribution in [0.1, 0.15) is 11.5 Å². The van der Waals surface area contributed by atoms with Gasteiger partial charge in [0.15, 0.2) is 0 Å². The van der Waals surface area contributed by atoms with Gasteiger partial charge in [0.05, 0.1) is 6.61 Å². The first-order valence-electron chi connectivity index (χ1n) is 4.73. The minimum absolute atomic E-state index is 0.152. The summed E-state index contributed by atoms with van der Waals surface area (Å²) < 4.78 is 10.1. The average Bonchev–Trinajstić information content (AvgIpc) is 2.62. The highest BCUT2D eigenvalue weighted by molar-refractivity contribution is 5.91. The first-order valence-corrected chi connectivity index (χ1v) is 4.73. The number of rotatable bonds is 5. The van der Waals surface area contributed by atoms with E-state index < -0.39 is 0 Å². The maximum Gasteiger partial charge on any atom is 0.244 e. The van der Waals surface area contributed by atoms with Crippen molar-refractivity contribution >= 4 is 12.0 Å². The molecule has 0 aromatic carbocycles. The van der Waals surface area contributed by atoms with Crippen molar-refractivity contribution < 1.29 is 13.9 Å². The van der Waals surface area contributed by atoms with Crippen LogP contribution in [0.25, 0.3) is 6.08 Å². The van der Waals surface area contributed by atoms with Crippen molar-refractivity contribution in [3.63, 3.8) is 0 Å². The molecule has 1 amide bonds. The van der Waals surface area contributed by atoms with E-state index in [-0.39, 0.29) is 5.91 Å². The van der Waals surface area contributed by atoms with Crippen LogP contribution in [0.15, 0.2) is 22.6 Å². The smallest absolute Gasteiger partial charge is 0.244 e. The molecule has 0 fully saturated rings. The molecule has 0 saturated carbocycles. The summed E-state index contributed by atoms with van der Waals surface area (Å²) in [6, 6.07) is 3.66. The second-order valence-corrected chi connectivity index (χ2v) is 3.07. The van der Waals surface area contributed by atoms with Gasteiger partial charge in [-0.05, 0) is 25.1 Å². The topological polar surface area (TPSA) is 51.5 Å². The molecule has 0 unspecified atom stereocenters. The zero-order valence-corrected chi connectivity index (χ0v) is 8.95. The van der Waals surface area contributed by atoms with Crippen LogP contribution in [0.4, 0.5) is 0 Å². The zero-order valence-electron chi connectivity index (χ0n) is 8.95. The molecule has 0 saturated heterocycles. The first-order chi connectivity index (χ1) is 7.22. The summed E-state index contributed by atoms with van der Waals surface area (Å²) in [5.41, 5.74) is 0. The van der Waals surface area contributed by atoms with Gasteiger partial charge < -0.3 is 14.5 Å². The van der Waals surface area contributed by atoms with E-state index in [4.69, 9.17) is 9.15 Å². The molecule has 0 aliphatic rings. The highest BCUT2D eigenvalue weighted by Gasteiger charge is 1.96. The Labute approximate surface area is 88.9 Å². The lowest BCUT2D eigenvalue weighted by Gasteiger charge is -1.99. The molecular formula is C11H15NO3. The fourth-order valence-electron chi connectivity index (χ4n) is 1.04. The van der Waals surface area contributed by atoms with E-state index in [9.17, 15) is 4.79 Å². The first kappa shape index (κ1) is 11.5. The van der Waals surface area contributed by atoms with Crippen LogP contribution < -0.4 is 5.32 Å². The summed E-state index contributed by atoms with van der Waals surface area (Å²) >= 11 is 0. The predicted octanol–water partition coefficient (Wildman–Crippen LogP) is 1.36. The van der Waals surface area contributed by atoms with Gasteiger partial charge in [-0.1, -0.05) is 0 Å². The highest BCUT2D eigenvalue weighted by Crippen LogP contribution is 2.07. The van der Waals surface area contributed by atoms with Crippen LogP contribution in [0, 0.1) is 6.92 Å². The van der Waals surface area contributed by atoms with Crippen LogP contribution in [0.5, 0.6) is 0 Å². The summed E-state index contributed by atoms with van der Waals surface area (Å²) in [6.07, 6.45) is 3.07. The molecular weight excluding hydrogens is 194 g/mol. The number of ether oxygens (including phenoxy) is 1. The highest BCUT2D eigenvalue weighted by atomic mass is 16.5. The third-order valence-corrected chi connectivity index (χ3v) is 1.77. The molecule has 1 aromatic heterocycles. The normalized spacial score (nSPS) is 10.8. The van der Waals surface area contributed by atoms with Gasteiger partial charge in [-0.15, -0.1) is 0 Å². The van der Waals surface area contributed by atoms with Crippen molar-refractivity contribution in [3.8, 4) is 0 Å². The number of furan rings is 1. The Kier molecular flexibility index (Phi) is 4.63. The molecule has 0 spiro atoms. The lowest BCUT2D eigenvalue weighted by molar-refractivity contribution is -0.116. The molecule has 0 radical (unpaired) electrons. The molecule has 0 atom stereocenters. The van der Waals surface area contributed by atoms with E-state index in [1.54, 1.807) is 13.2 Å². The number of aryl methyl sites for hydroxylation is 1. The second-order valence-electron chi connectivity index (χ2n) is 3.07. The predicted molar refractivity (Wildman–Crippen MR) is 57.4 cm³/mol. The van der Waals surface area contributed by atoms with E-state index in [2.05, 4.69) is 5.32 Å². The molecule has 4 nitrogen and oxygen atoms in total. The quantitative estimate of drug-likeness (QED) is 0.588. The van der Waals surface area contributed by atoms with Crippen molar-refractivity contribution in [1.82, 2.24) is 5.32 Å². The molecule has 1 aromatic rings. The lowest BCUT2D eigenvalue weighted by atomic mass is 10.4. The standard InChI is InChI=1S/C11H15NO3/c1-9-3-4-10(15-9)5-6-11(13)12-7-8-14-2/h3-6H,7-8H2,1-2H3,(H,12,13). The minimum Gasteiger partial charge on any atom is -0.462 e. The number of methoxy groups -OCH3 is 1. The third-order valence-electron chi connectivity index (χ3n) is 1.77. The second kappa shape index (κ2) is 6.03. The van der Waals surface area contributed by atoms with E-state index in [1.165, 1.54) is 6.08 Å². The van der Waals surface area contributed by atoms with Gasteiger partial charge in [0.2, 0.25) is 5.91 Å². The molecule has 1 rings (SSSR count). The van der Waals surface area contributed by atoms with E-state index >= 15 is 0 Å². The van der Waals surface area contributed by atoms with Gasteiger partial charge in [0, 0.05) is 19.7 Å². The molecule has 0 bridgehead atoms. The van der Waals surface area contributed by atoms with Crippen LogP contribution in [0.2, 0.25) is 0 Å². The number of nitrogens with one attached hydrogen (secondary N) is 1. The summed E-state index contributed by atoms with van der Waals surface area (Å²) in [4.78, 5) is 11.2. The van der Waals surface area contributed by atoms with Gasteiger partial charge in [-0.2, -0.15) is 0 Å². The largest absolute Gasteiger partial charge is 0.462 e. The van der Waals surface area contributed by atoms with Crippen molar-refractivity contribution in [3.05, 3.63) is 29.7 Å². The Morgan fingerprint density at radius 3 is 3.00 bits per heavy atom. The van der Waals surface area contributed by atoms with Crippen molar-refractivity contribution in [1.29, 1.82) is 0 Å². The van der Waals surface area contributed by atoms with Gasteiger partial charge in [-0.25, -0.2) is 0 Å². The molecule has 82 valence electrons. The van der Waals surface area contributed by atoms with Gasteiger partial charge in [0.1, 0.15) is 11.5 Å². The molecule has 1 N–H and O–H groups in total. The fraction of sp³-hybridized carbons (Fsp3) is 0.364.